The third-order valence-corrected chi connectivity index (χ3v) is 4.35. The minimum absolute atomic E-state index is 0.0389. The first kappa shape index (κ1) is 18.2. The van der Waals surface area contributed by atoms with E-state index in [1.165, 1.54) is 0 Å². The van der Waals surface area contributed by atoms with Gasteiger partial charge in [0, 0.05) is 32.4 Å². The van der Waals surface area contributed by atoms with Crippen molar-refractivity contribution in [2.45, 2.75) is 46.3 Å². The molecule has 0 saturated heterocycles. The molecule has 1 aliphatic rings. The van der Waals surface area contributed by atoms with Crippen LogP contribution in [0.15, 0.2) is 12.1 Å². The van der Waals surface area contributed by atoms with Gasteiger partial charge in [-0.15, -0.1) is 0 Å². The number of aryl methyl sites for hydroxylation is 2. The Hall–Kier alpha value is -2.64. The van der Waals surface area contributed by atoms with E-state index >= 15 is 0 Å². The van der Waals surface area contributed by atoms with Crippen molar-refractivity contribution >= 4 is 11.8 Å². The van der Waals surface area contributed by atoms with Crippen molar-refractivity contribution in [3.05, 3.63) is 35.0 Å². The molecule has 0 bridgehead atoms. The average molecular weight is 357 g/mol. The Labute approximate surface area is 154 Å². The van der Waals surface area contributed by atoms with Gasteiger partial charge in [-0.25, -0.2) is 14.8 Å². The molecule has 1 N–H and O–H groups in total. The molecule has 0 aliphatic carbocycles. The van der Waals surface area contributed by atoms with E-state index in [-0.39, 0.29) is 6.03 Å². The van der Waals surface area contributed by atoms with E-state index < -0.39 is 0 Å². The highest BCUT2D eigenvalue weighted by Gasteiger charge is 2.23. The molecular formula is C18H27N7O. The third-order valence-electron chi connectivity index (χ3n) is 4.35. The van der Waals surface area contributed by atoms with Gasteiger partial charge in [0.1, 0.15) is 11.6 Å². The number of nitrogens with zero attached hydrogens (tertiary/aromatic N) is 6. The number of rotatable bonds is 5. The molecule has 26 heavy (non-hydrogen) atoms. The van der Waals surface area contributed by atoms with Crippen molar-refractivity contribution in [3.8, 4) is 0 Å². The van der Waals surface area contributed by atoms with E-state index in [1.54, 1.807) is 19.0 Å². The standard InChI is InChI=1S/C18H27N7O/c1-5-6-14-10-17(21-13(2)20-14)19-11-15-9-16-12-24(18(26)23(3)4)7-8-25(16)22-15/h9-10H,5-8,11-12H2,1-4H3,(H,19,20,21). The summed E-state index contributed by atoms with van der Waals surface area (Å²) >= 11 is 0. The first-order valence-corrected chi connectivity index (χ1v) is 9.06. The Morgan fingerprint density at radius 2 is 2.04 bits per heavy atom. The van der Waals surface area contributed by atoms with Gasteiger partial charge in [0.15, 0.2) is 0 Å². The summed E-state index contributed by atoms with van der Waals surface area (Å²) in [4.78, 5) is 24.5. The van der Waals surface area contributed by atoms with Gasteiger partial charge in [0.05, 0.1) is 31.0 Å². The number of aromatic nitrogens is 4. The molecule has 0 atom stereocenters. The van der Waals surface area contributed by atoms with Crippen LogP contribution in [0.25, 0.3) is 0 Å². The SMILES string of the molecule is CCCc1cc(NCc2cc3n(n2)CCN(C(=O)N(C)C)C3)nc(C)n1. The number of urea groups is 1. The Morgan fingerprint density at radius 3 is 2.77 bits per heavy atom. The summed E-state index contributed by atoms with van der Waals surface area (Å²) in [6, 6.07) is 4.10. The van der Waals surface area contributed by atoms with Gasteiger partial charge in [-0.2, -0.15) is 5.10 Å². The molecule has 0 spiro atoms. The van der Waals surface area contributed by atoms with E-state index in [9.17, 15) is 4.79 Å². The first-order chi connectivity index (χ1) is 12.5. The largest absolute Gasteiger partial charge is 0.364 e. The van der Waals surface area contributed by atoms with E-state index in [4.69, 9.17) is 0 Å². The Kier molecular flexibility index (Phi) is 5.39. The zero-order valence-corrected chi connectivity index (χ0v) is 16.0. The molecule has 0 unspecified atom stereocenters. The van der Waals surface area contributed by atoms with Crippen molar-refractivity contribution < 1.29 is 4.79 Å². The monoisotopic (exact) mass is 357 g/mol. The summed E-state index contributed by atoms with van der Waals surface area (Å²) in [5, 5.41) is 7.99. The number of nitrogens with one attached hydrogen (secondary N) is 1. The molecule has 2 aromatic rings. The Bertz CT molecular complexity index is 784. The maximum Gasteiger partial charge on any atom is 0.319 e. The summed E-state index contributed by atoms with van der Waals surface area (Å²) in [6.07, 6.45) is 2.01. The van der Waals surface area contributed by atoms with Crippen LogP contribution in [-0.4, -0.2) is 56.2 Å². The number of carbonyl (C=O) groups is 1. The Morgan fingerprint density at radius 1 is 1.23 bits per heavy atom. The van der Waals surface area contributed by atoms with Gasteiger partial charge in [0.2, 0.25) is 0 Å². The minimum atomic E-state index is 0.0389. The average Bonchev–Trinajstić information content (AvgIpc) is 3.01. The lowest BCUT2D eigenvalue weighted by atomic mass is 10.2. The predicted molar refractivity (Wildman–Crippen MR) is 99.8 cm³/mol. The first-order valence-electron chi connectivity index (χ1n) is 9.06. The molecule has 8 heteroatoms. The number of anilines is 1. The van der Waals surface area contributed by atoms with Gasteiger partial charge in [-0.3, -0.25) is 4.68 Å². The van der Waals surface area contributed by atoms with Crippen LogP contribution >= 0.6 is 0 Å². The highest BCUT2D eigenvalue weighted by Crippen LogP contribution is 2.16. The molecule has 0 fully saturated rings. The van der Waals surface area contributed by atoms with Crippen LogP contribution < -0.4 is 5.32 Å². The second-order valence-corrected chi connectivity index (χ2v) is 6.84. The fourth-order valence-electron chi connectivity index (χ4n) is 3.14. The molecule has 8 nitrogen and oxygen atoms in total. The summed E-state index contributed by atoms with van der Waals surface area (Å²) < 4.78 is 1.99. The third kappa shape index (κ3) is 4.12. The van der Waals surface area contributed by atoms with Gasteiger partial charge in [-0.1, -0.05) is 13.3 Å². The van der Waals surface area contributed by atoms with Gasteiger partial charge >= 0.3 is 6.03 Å². The fraction of sp³-hybridized carbons (Fsp3) is 0.556. The van der Waals surface area contributed by atoms with Crippen LogP contribution in [0.2, 0.25) is 0 Å². The maximum atomic E-state index is 12.1. The number of hydrogen-bond acceptors (Lipinski definition) is 5. The quantitative estimate of drug-likeness (QED) is 0.886. The van der Waals surface area contributed by atoms with Gasteiger partial charge < -0.3 is 15.1 Å². The smallest absolute Gasteiger partial charge is 0.319 e. The van der Waals surface area contributed by atoms with Crippen LogP contribution in [0.5, 0.6) is 0 Å². The van der Waals surface area contributed by atoms with Crippen molar-refractivity contribution in [3.63, 3.8) is 0 Å². The summed E-state index contributed by atoms with van der Waals surface area (Å²) in [7, 11) is 3.56. The maximum absolute atomic E-state index is 12.1. The van der Waals surface area contributed by atoms with Crippen molar-refractivity contribution in [2.24, 2.45) is 0 Å². The number of hydrogen-bond donors (Lipinski definition) is 1. The molecule has 3 heterocycles. The second-order valence-electron chi connectivity index (χ2n) is 6.84. The summed E-state index contributed by atoms with van der Waals surface area (Å²) in [6.45, 7) is 6.66. The highest BCUT2D eigenvalue weighted by molar-refractivity contribution is 5.73. The number of amides is 2. The fourth-order valence-corrected chi connectivity index (χ4v) is 3.14. The summed E-state index contributed by atoms with van der Waals surface area (Å²) in [5.41, 5.74) is 3.07. The van der Waals surface area contributed by atoms with E-state index in [2.05, 4.69) is 33.4 Å². The molecular weight excluding hydrogens is 330 g/mol. The molecule has 0 aromatic carbocycles. The molecule has 1 aliphatic heterocycles. The molecule has 140 valence electrons. The molecule has 0 saturated carbocycles. The summed E-state index contributed by atoms with van der Waals surface area (Å²) in [5.74, 6) is 1.61. The van der Waals surface area contributed by atoms with Gasteiger partial charge in [-0.05, 0) is 19.4 Å². The second kappa shape index (κ2) is 7.72. The van der Waals surface area contributed by atoms with Gasteiger partial charge in [0.25, 0.3) is 0 Å². The lowest BCUT2D eigenvalue weighted by molar-refractivity contribution is 0.155. The molecule has 2 aromatic heterocycles. The van der Waals surface area contributed by atoms with Crippen LogP contribution in [0, 0.1) is 6.92 Å². The molecule has 3 rings (SSSR count). The van der Waals surface area contributed by atoms with E-state index in [0.717, 1.165) is 48.1 Å². The van der Waals surface area contributed by atoms with Crippen molar-refractivity contribution in [2.75, 3.05) is 26.0 Å². The van der Waals surface area contributed by atoms with Crippen molar-refractivity contribution in [1.82, 2.24) is 29.5 Å². The zero-order valence-electron chi connectivity index (χ0n) is 16.0. The molecule has 0 radical (unpaired) electrons. The van der Waals surface area contributed by atoms with Crippen molar-refractivity contribution in [1.29, 1.82) is 0 Å². The lowest BCUT2D eigenvalue weighted by Gasteiger charge is -2.29. The number of fused-ring (bicyclic) bond motifs is 1. The minimum Gasteiger partial charge on any atom is -0.364 e. The van der Waals surface area contributed by atoms with Crippen LogP contribution in [0.1, 0.15) is 36.3 Å². The zero-order chi connectivity index (χ0) is 18.7. The van der Waals surface area contributed by atoms with Crippen LogP contribution in [0.3, 0.4) is 0 Å². The highest BCUT2D eigenvalue weighted by atomic mass is 16.2. The topological polar surface area (TPSA) is 79.2 Å². The van der Waals surface area contributed by atoms with Crippen LogP contribution in [-0.2, 0) is 26.1 Å². The van der Waals surface area contributed by atoms with Crippen LogP contribution in [0.4, 0.5) is 10.6 Å². The predicted octanol–water partition coefficient (Wildman–Crippen LogP) is 2.04. The van der Waals surface area contributed by atoms with E-state index in [1.807, 2.05) is 22.6 Å². The molecule has 2 amide bonds. The number of carbonyl (C=O) groups excluding carboxylic acids is 1. The normalized spacial score (nSPS) is 13.5. The lowest BCUT2D eigenvalue weighted by Crippen LogP contribution is -2.43. The van der Waals surface area contributed by atoms with E-state index in [0.29, 0.717) is 19.6 Å². The Balaban J connectivity index is 1.65.